The van der Waals surface area contributed by atoms with E-state index in [9.17, 15) is 19.2 Å². The third-order valence-corrected chi connectivity index (χ3v) is 5.70. The van der Waals surface area contributed by atoms with Crippen LogP contribution in [0.3, 0.4) is 0 Å². The van der Waals surface area contributed by atoms with E-state index in [0.717, 1.165) is 12.0 Å². The van der Waals surface area contributed by atoms with Crippen LogP contribution in [-0.4, -0.2) is 67.0 Å². The number of hydrogen-bond acceptors (Lipinski definition) is 7. The van der Waals surface area contributed by atoms with E-state index in [1.807, 2.05) is 36.6 Å². The molecule has 3 atom stereocenters. The molecular formula is C24H38N4O5S. The highest BCUT2D eigenvalue weighted by atomic mass is 32.2. The zero-order valence-corrected chi connectivity index (χ0v) is 21.1. The third kappa shape index (κ3) is 11.5. The lowest BCUT2D eigenvalue weighted by Gasteiger charge is -2.25. The summed E-state index contributed by atoms with van der Waals surface area (Å²) in [4.78, 5) is 50.2. The first-order chi connectivity index (χ1) is 16.3. The number of carbonyl (C=O) groups is 4. The summed E-state index contributed by atoms with van der Waals surface area (Å²) in [5.74, 6) is -1.16. The molecule has 190 valence electrons. The van der Waals surface area contributed by atoms with E-state index in [0.29, 0.717) is 31.6 Å². The Morgan fingerprint density at radius 3 is 2.18 bits per heavy atom. The van der Waals surface area contributed by atoms with Gasteiger partial charge in [0.15, 0.2) is 0 Å². The predicted octanol–water partition coefficient (Wildman–Crippen LogP) is 1.15. The molecule has 34 heavy (non-hydrogen) atoms. The van der Waals surface area contributed by atoms with Crippen LogP contribution in [0.4, 0.5) is 0 Å². The van der Waals surface area contributed by atoms with Gasteiger partial charge in [-0.3, -0.25) is 14.4 Å². The van der Waals surface area contributed by atoms with Crippen molar-refractivity contribution in [3.8, 4) is 0 Å². The summed E-state index contributed by atoms with van der Waals surface area (Å²) in [6.45, 7) is 3.73. The molecule has 0 radical (unpaired) electrons. The number of benzene rings is 1. The van der Waals surface area contributed by atoms with Crippen molar-refractivity contribution in [3.05, 3.63) is 35.9 Å². The minimum Gasteiger partial charge on any atom is -0.464 e. The zero-order valence-electron chi connectivity index (χ0n) is 20.3. The van der Waals surface area contributed by atoms with Crippen LogP contribution in [-0.2, 0) is 30.3 Å². The number of nitrogens with one attached hydrogen (secondary N) is 3. The summed E-state index contributed by atoms with van der Waals surface area (Å²) in [5.41, 5.74) is 6.42. The van der Waals surface area contributed by atoms with Crippen LogP contribution < -0.4 is 21.7 Å². The van der Waals surface area contributed by atoms with Gasteiger partial charge in [-0.2, -0.15) is 11.8 Å². The topological polar surface area (TPSA) is 140 Å². The van der Waals surface area contributed by atoms with E-state index in [1.54, 1.807) is 6.92 Å². The minimum absolute atomic E-state index is 0.201. The Morgan fingerprint density at radius 2 is 1.59 bits per heavy atom. The van der Waals surface area contributed by atoms with Crippen molar-refractivity contribution in [1.82, 2.24) is 16.0 Å². The van der Waals surface area contributed by atoms with Crippen molar-refractivity contribution >= 4 is 35.5 Å². The maximum Gasteiger partial charge on any atom is 0.328 e. The molecule has 10 heteroatoms. The maximum absolute atomic E-state index is 13.1. The van der Waals surface area contributed by atoms with Gasteiger partial charge in [-0.05, 0) is 56.7 Å². The molecular weight excluding hydrogens is 456 g/mol. The van der Waals surface area contributed by atoms with Gasteiger partial charge in [-0.25, -0.2) is 4.79 Å². The first-order valence-electron chi connectivity index (χ1n) is 11.6. The van der Waals surface area contributed by atoms with E-state index in [-0.39, 0.29) is 18.9 Å². The smallest absolute Gasteiger partial charge is 0.328 e. The van der Waals surface area contributed by atoms with E-state index in [4.69, 9.17) is 10.5 Å². The largest absolute Gasteiger partial charge is 0.464 e. The Morgan fingerprint density at radius 1 is 0.941 bits per heavy atom. The van der Waals surface area contributed by atoms with Gasteiger partial charge in [0.1, 0.15) is 18.1 Å². The lowest BCUT2D eigenvalue weighted by atomic mass is 10.0. The molecule has 0 fully saturated rings. The summed E-state index contributed by atoms with van der Waals surface area (Å²) in [6, 6.07) is 6.79. The van der Waals surface area contributed by atoms with E-state index in [2.05, 4.69) is 16.0 Å². The molecule has 5 N–H and O–H groups in total. The molecule has 3 amide bonds. The Hall–Kier alpha value is -2.59. The number of rotatable bonds is 16. The van der Waals surface area contributed by atoms with Gasteiger partial charge >= 0.3 is 5.97 Å². The van der Waals surface area contributed by atoms with Crippen LogP contribution in [0, 0.1) is 0 Å². The van der Waals surface area contributed by atoms with Crippen molar-refractivity contribution in [2.75, 3.05) is 25.2 Å². The fourth-order valence-electron chi connectivity index (χ4n) is 3.34. The molecule has 0 aromatic heterocycles. The highest BCUT2D eigenvalue weighted by Crippen LogP contribution is 2.08. The number of hydrogen-bond donors (Lipinski definition) is 4. The van der Waals surface area contributed by atoms with Crippen molar-refractivity contribution in [3.63, 3.8) is 0 Å². The SMILES string of the molecule is CCOC(=O)C(CCCCN)NC(=O)[C@H](CCSC)NC(=O)[C@H](Cc1ccccc1)NC(C)=O. The lowest BCUT2D eigenvalue weighted by Crippen LogP contribution is -2.56. The van der Waals surface area contributed by atoms with Crippen LogP contribution in [0.2, 0.25) is 0 Å². The summed E-state index contributed by atoms with van der Waals surface area (Å²) in [6.07, 6.45) is 4.33. The Labute approximate surface area is 206 Å². The van der Waals surface area contributed by atoms with Gasteiger partial charge < -0.3 is 26.4 Å². The molecule has 1 aromatic rings. The second-order valence-electron chi connectivity index (χ2n) is 7.88. The Bertz CT molecular complexity index is 778. The Kier molecular flexibility index (Phi) is 14.7. The van der Waals surface area contributed by atoms with E-state index >= 15 is 0 Å². The fourth-order valence-corrected chi connectivity index (χ4v) is 3.81. The average Bonchev–Trinajstić information content (AvgIpc) is 2.81. The normalized spacial score (nSPS) is 13.3. The van der Waals surface area contributed by atoms with Crippen molar-refractivity contribution < 1.29 is 23.9 Å². The third-order valence-electron chi connectivity index (χ3n) is 5.05. The standard InChI is InChI=1S/C24H38N4O5S/c1-4-33-24(32)20(12-8-9-14-25)28-22(30)19(13-15-34-3)27-23(31)21(26-17(2)29)16-18-10-6-5-7-11-18/h5-7,10-11,19-21H,4,8-9,12-16,25H2,1-3H3,(H,26,29)(H,27,31)(H,28,30)/t19-,20?,21-/m0/s1. The molecule has 0 saturated carbocycles. The number of ether oxygens (including phenoxy) is 1. The monoisotopic (exact) mass is 494 g/mol. The van der Waals surface area contributed by atoms with E-state index in [1.165, 1.54) is 18.7 Å². The first kappa shape index (κ1) is 29.4. The lowest BCUT2D eigenvalue weighted by molar-refractivity contribution is -0.148. The average molecular weight is 495 g/mol. The molecule has 0 heterocycles. The zero-order chi connectivity index (χ0) is 25.3. The second kappa shape index (κ2) is 16.9. The Balaban J connectivity index is 2.95. The molecule has 0 aliphatic heterocycles. The molecule has 1 rings (SSSR count). The number of unbranched alkanes of at least 4 members (excludes halogenated alkanes) is 1. The molecule has 0 aliphatic rings. The minimum atomic E-state index is -0.863. The van der Waals surface area contributed by atoms with Crippen LogP contribution in [0.1, 0.15) is 45.1 Å². The molecule has 0 spiro atoms. The maximum atomic E-state index is 13.1. The molecule has 1 aromatic carbocycles. The van der Waals surface area contributed by atoms with E-state index < -0.39 is 35.9 Å². The number of amides is 3. The quantitative estimate of drug-likeness (QED) is 0.200. The summed E-state index contributed by atoms with van der Waals surface area (Å²) < 4.78 is 5.10. The molecule has 0 bridgehead atoms. The number of carbonyl (C=O) groups excluding carboxylic acids is 4. The van der Waals surface area contributed by atoms with Crippen molar-refractivity contribution in [2.24, 2.45) is 5.73 Å². The highest BCUT2D eigenvalue weighted by molar-refractivity contribution is 7.98. The van der Waals surface area contributed by atoms with Crippen LogP contribution >= 0.6 is 11.8 Å². The van der Waals surface area contributed by atoms with Crippen LogP contribution in [0.5, 0.6) is 0 Å². The second-order valence-corrected chi connectivity index (χ2v) is 8.87. The van der Waals surface area contributed by atoms with Gasteiger partial charge in [0.05, 0.1) is 6.61 Å². The fraction of sp³-hybridized carbons (Fsp3) is 0.583. The van der Waals surface area contributed by atoms with Crippen LogP contribution in [0.25, 0.3) is 0 Å². The van der Waals surface area contributed by atoms with Gasteiger partial charge in [0, 0.05) is 13.3 Å². The highest BCUT2D eigenvalue weighted by Gasteiger charge is 2.29. The van der Waals surface area contributed by atoms with Crippen molar-refractivity contribution in [1.29, 1.82) is 0 Å². The molecule has 1 unspecified atom stereocenters. The summed E-state index contributed by atoms with van der Waals surface area (Å²) >= 11 is 1.54. The summed E-state index contributed by atoms with van der Waals surface area (Å²) in [7, 11) is 0. The summed E-state index contributed by atoms with van der Waals surface area (Å²) in [5, 5.41) is 8.17. The molecule has 9 nitrogen and oxygen atoms in total. The molecule has 0 saturated heterocycles. The predicted molar refractivity (Wildman–Crippen MR) is 134 cm³/mol. The van der Waals surface area contributed by atoms with Gasteiger partial charge in [-0.15, -0.1) is 0 Å². The van der Waals surface area contributed by atoms with Gasteiger partial charge in [0.2, 0.25) is 17.7 Å². The number of nitrogens with two attached hydrogens (primary N) is 1. The molecule has 0 aliphatic carbocycles. The first-order valence-corrected chi connectivity index (χ1v) is 13.0. The van der Waals surface area contributed by atoms with Crippen LogP contribution in [0.15, 0.2) is 30.3 Å². The van der Waals surface area contributed by atoms with Gasteiger partial charge in [-0.1, -0.05) is 30.3 Å². The number of esters is 1. The van der Waals surface area contributed by atoms with Gasteiger partial charge in [0.25, 0.3) is 0 Å². The number of thioether (sulfide) groups is 1. The van der Waals surface area contributed by atoms with Crippen molar-refractivity contribution in [2.45, 2.75) is 64.1 Å².